The van der Waals surface area contributed by atoms with Crippen molar-refractivity contribution in [1.82, 2.24) is 4.90 Å². The van der Waals surface area contributed by atoms with Gasteiger partial charge >= 0.3 is 6.09 Å². The molecule has 6 heteroatoms. The van der Waals surface area contributed by atoms with Gasteiger partial charge in [0.05, 0.1) is 5.69 Å². The van der Waals surface area contributed by atoms with Gasteiger partial charge in [-0.15, -0.1) is 0 Å². The van der Waals surface area contributed by atoms with Crippen molar-refractivity contribution in [3.05, 3.63) is 28.2 Å². The Labute approximate surface area is 139 Å². The van der Waals surface area contributed by atoms with Gasteiger partial charge in [-0.3, -0.25) is 4.79 Å². The predicted octanol–water partition coefficient (Wildman–Crippen LogP) is 3.32. The highest BCUT2D eigenvalue weighted by molar-refractivity contribution is 9.10. The van der Waals surface area contributed by atoms with E-state index in [0.29, 0.717) is 31.7 Å². The number of aldehydes is 1. The molecule has 0 aromatic heterocycles. The van der Waals surface area contributed by atoms with Crippen LogP contribution in [0.2, 0.25) is 0 Å². The summed E-state index contributed by atoms with van der Waals surface area (Å²) in [5, 5.41) is 0. The van der Waals surface area contributed by atoms with Crippen molar-refractivity contribution in [2.75, 3.05) is 31.1 Å². The lowest BCUT2D eigenvalue weighted by Gasteiger charge is -2.37. The fourth-order valence-electron chi connectivity index (χ4n) is 2.40. The second-order valence-corrected chi connectivity index (χ2v) is 7.10. The van der Waals surface area contributed by atoms with Crippen LogP contribution < -0.4 is 4.90 Å². The number of rotatable bonds is 2. The number of piperazine rings is 1. The number of ether oxygens (including phenoxy) is 1. The van der Waals surface area contributed by atoms with Gasteiger partial charge in [0.1, 0.15) is 5.60 Å². The zero-order valence-electron chi connectivity index (χ0n) is 13.1. The van der Waals surface area contributed by atoms with Gasteiger partial charge in [0, 0.05) is 36.2 Å². The molecule has 1 amide bonds. The Kier molecular flexibility index (Phi) is 5.11. The van der Waals surface area contributed by atoms with E-state index in [4.69, 9.17) is 4.74 Å². The van der Waals surface area contributed by atoms with E-state index in [-0.39, 0.29) is 6.09 Å². The van der Waals surface area contributed by atoms with Crippen LogP contribution in [0.3, 0.4) is 0 Å². The molecule has 1 aromatic carbocycles. The monoisotopic (exact) mass is 368 g/mol. The first kappa shape index (κ1) is 16.8. The SMILES string of the molecule is CC(C)(C)OC(=O)N1CCN(c2c(Br)cccc2C=O)CC1. The standard InChI is InChI=1S/C16H21BrN2O3/c1-16(2,3)22-15(21)19-9-7-18(8-10-19)14-12(11-20)5-4-6-13(14)17/h4-6,11H,7-10H2,1-3H3. The number of anilines is 1. The molecule has 0 N–H and O–H groups in total. The third kappa shape index (κ3) is 4.00. The van der Waals surface area contributed by atoms with Crippen molar-refractivity contribution in [3.63, 3.8) is 0 Å². The highest BCUT2D eigenvalue weighted by Gasteiger charge is 2.27. The zero-order chi connectivity index (χ0) is 16.3. The maximum Gasteiger partial charge on any atom is 0.410 e. The van der Waals surface area contributed by atoms with Gasteiger partial charge in [-0.25, -0.2) is 4.79 Å². The van der Waals surface area contributed by atoms with Crippen LogP contribution in [0.1, 0.15) is 31.1 Å². The number of hydrogen-bond donors (Lipinski definition) is 0. The van der Waals surface area contributed by atoms with Gasteiger partial charge in [0.25, 0.3) is 0 Å². The van der Waals surface area contributed by atoms with Crippen molar-refractivity contribution >= 4 is 34.0 Å². The van der Waals surface area contributed by atoms with E-state index in [1.807, 2.05) is 32.9 Å². The van der Waals surface area contributed by atoms with Gasteiger partial charge in [-0.2, -0.15) is 0 Å². The Hall–Kier alpha value is -1.56. The molecular weight excluding hydrogens is 348 g/mol. The highest BCUT2D eigenvalue weighted by Crippen LogP contribution is 2.30. The summed E-state index contributed by atoms with van der Waals surface area (Å²) in [4.78, 5) is 27.1. The molecule has 1 aromatic rings. The first-order valence-electron chi connectivity index (χ1n) is 7.28. The number of para-hydroxylation sites is 1. The summed E-state index contributed by atoms with van der Waals surface area (Å²) < 4.78 is 6.28. The summed E-state index contributed by atoms with van der Waals surface area (Å²) in [6, 6.07) is 5.56. The van der Waals surface area contributed by atoms with Gasteiger partial charge < -0.3 is 14.5 Å². The summed E-state index contributed by atoms with van der Waals surface area (Å²) in [6.07, 6.45) is 0.579. The number of carbonyl (C=O) groups excluding carboxylic acids is 2. The van der Waals surface area contributed by atoms with Gasteiger partial charge in [-0.1, -0.05) is 6.07 Å². The van der Waals surface area contributed by atoms with E-state index in [9.17, 15) is 9.59 Å². The molecule has 0 radical (unpaired) electrons. The molecule has 0 bridgehead atoms. The molecule has 1 aliphatic heterocycles. The molecule has 0 aliphatic carbocycles. The molecule has 1 heterocycles. The lowest BCUT2D eigenvalue weighted by atomic mass is 10.1. The van der Waals surface area contributed by atoms with E-state index in [1.165, 1.54) is 0 Å². The number of amides is 1. The Morgan fingerprint density at radius 2 is 1.86 bits per heavy atom. The Bertz CT molecular complexity index is 561. The fraction of sp³-hybridized carbons (Fsp3) is 0.500. The molecule has 1 aliphatic rings. The number of hydrogen-bond acceptors (Lipinski definition) is 4. The second-order valence-electron chi connectivity index (χ2n) is 6.25. The third-order valence-electron chi connectivity index (χ3n) is 3.39. The fourth-order valence-corrected chi connectivity index (χ4v) is 3.03. The van der Waals surface area contributed by atoms with Gasteiger partial charge in [-0.05, 0) is 48.8 Å². The first-order valence-corrected chi connectivity index (χ1v) is 8.07. The predicted molar refractivity (Wildman–Crippen MR) is 89.5 cm³/mol. The van der Waals surface area contributed by atoms with E-state index in [0.717, 1.165) is 16.4 Å². The van der Waals surface area contributed by atoms with Crippen LogP contribution >= 0.6 is 15.9 Å². The molecule has 1 fully saturated rings. The second kappa shape index (κ2) is 6.69. The lowest BCUT2D eigenvalue weighted by Crippen LogP contribution is -2.50. The Balaban J connectivity index is 2.04. The minimum Gasteiger partial charge on any atom is -0.444 e. The lowest BCUT2D eigenvalue weighted by molar-refractivity contribution is 0.0240. The number of nitrogens with zero attached hydrogens (tertiary/aromatic N) is 2. The summed E-state index contributed by atoms with van der Waals surface area (Å²) >= 11 is 3.50. The first-order chi connectivity index (χ1) is 10.3. The number of benzene rings is 1. The van der Waals surface area contributed by atoms with Crippen molar-refractivity contribution < 1.29 is 14.3 Å². The molecule has 1 saturated heterocycles. The third-order valence-corrected chi connectivity index (χ3v) is 4.03. The average molecular weight is 369 g/mol. The van der Waals surface area contributed by atoms with Crippen LogP contribution in [0.5, 0.6) is 0 Å². The topological polar surface area (TPSA) is 49.9 Å². The molecule has 0 saturated carbocycles. The molecule has 0 spiro atoms. The molecule has 5 nitrogen and oxygen atoms in total. The van der Waals surface area contributed by atoms with Crippen molar-refractivity contribution in [2.24, 2.45) is 0 Å². The van der Waals surface area contributed by atoms with Crippen LogP contribution in [0, 0.1) is 0 Å². The highest BCUT2D eigenvalue weighted by atomic mass is 79.9. The van der Waals surface area contributed by atoms with Crippen LogP contribution in [-0.2, 0) is 4.74 Å². The van der Waals surface area contributed by atoms with Crippen LogP contribution in [0.25, 0.3) is 0 Å². The maximum atomic E-state index is 12.1. The van der Waals surface area contributed by atoms with Crippen LogP contribution in [0.15, 0.2) is 22.7 Å². The molecule has 2 rings (SSSR count). The normalized spacial score (nSPS) is 15.6. The molecule has 120 valence electrons. The summed E-state index contributed by atoms with van der Waals surface area (Å²) in [5.41, 5.74) is 1.06. The minimum absolute atomic E-state index is 0.283. The smallest absolute Gasteiger partial charge is 0.410 e. The minimum atomic E-state index is -0.485. The quantitative estimate of drug-likeness (QED) is 0.751. The summed E-state index contributed by atoms with van der Waals surface area (Å²) in [5.74, 6) is 0. The van der Waals surface area contributed by atoms with Gasteiger partial charge in [0.2, 0.25) is 0 Å². The van der Waals surface area contributed by atoms with E-state index < -0.39 is 5.60 Å². The summed E-state index contributed by atoms with van der Waals surface area (Å²) in [7, 11) is 0. The largest absolute Gasteiger partial charge is 0.444 e. The number of halogens is 1. The molecule has 0 unspecified atom stereocenters. The molecular formula is C16H21BrN2O3. The van der Waals surface area contributed by atoms with Crippen LogP contribution in [-0.4, -0.2) is 49.1 Å². The van der Waals surface area contributed by atoms with Crippen molar-refractivity contribution in [2.45, 2.75) is 26.4 Å². The number of carbonyl (C=O) groups is 2. The van der Waals surface area contributed by atoms with Crippen molar-refractivity contribution in [3.8, 4) is 0 Å². The van der Waals surface area contributed by atoms with Gasteiger partial charge in [0.15, 0.2) is 6.29 Å². The van der Waals surface area contributed by atoms with Crippen LogP contribution in [0.4, 0.5) is 10.5 Å². The van der Waals surface area contributed by atoms with E-state index in [1.54, 1.807) is 11.0 Å². The molecule has 0 atom stereocenters. The average Bonchev–Trinajstić information content (AvgIpc) is 2.45. The Morgan fingerprint density at radius 3 is 2.41 bits per heavy atom. The zero-order valence-corrected chi connectivity index (χ0v) is 14.7. The van der Waals surface area contributed by atoms with E-state index in [2.05, 4.69) is 20.8 Å². The maximum absolute atomic E-state index is 12.1. The van der Waals surface area contributed by atoms with Crippen molar-refractivity contribution in [1.29, 1.82) is 0 Å². The molecule has 22 heavy (non-hydrogen) atoms. The Morgan fingerprint density at radius 1 is 1.23 bits per heavy atom. The summed E-state index contributed by atoms with van der Waals surface area (Å²) in [6.45, 7) is 8.07. The van der Waals surface area contributed by atoms with E-state index >= 15 is 0 Å².